The average molecular weight is 721 g/mol. The normalized spacial score (nSPS) is 18.8. The Hall–Kier alpha value is -2.72. The number of allylic oxidation sites excluding steroid dienone is 3. The van der Waals surface area contributed by atoms with Crippen molar-refractivity contribution in [1.29, 1.82) is 0 Å². The largest absolute Gasteiger partial charge is 0.377 e. The van der Waals surface area contributed by atoms with Crippen molar-refractivity contribution in [1.82, 2.24) is 36.8 Å². The summed E-state index contributed by atoms with van der Waals surface area (Å²) in [5.74, 6) is -0.762. The van der Waals surface area contributed by atoms with E-state index < -0.39 is 18.5 Å². The number of carbonyl (C=O) groups excluding carboxylic acids is 4. The molecule has 14 heteroatoms. The highest BCUT2D eigenvalue weighted by molar-refractivity contribution is 6.03. The van der Waals surface area contributed by atoms with Crippen molar-refractivity contribution in [3.8, 4) is 0 Å². The van der Waals surface area contributed by atoms with Gasteiger partial charge in [0, 0.05) is 58.2 Å². The first-order valence-corrected chi connectivity index (χ1v) is 19.2. The van der Waals surface area contributed by atoms with Crippen LogP contribution in [0.5, 0.6) is 0 Å². The highest BCUT2D eigenvalue weighted by atomic mass is 16.3. The number of aliphatic hydroxyl groups excluding tert-OH is 2. The smallest absolute Gasteiger partial charge is 0.234 e. The topological polar surface area (TPSA) is 210 Å². The minimum atomic E-state index is -1.09. The number of likely N-dealkylation sites (tertiary alicyclic amines) is 1. The maximum atomic E-state index is 12.9. The molecule has 2 aliphatic rings. The predicted molar refractivity (Wildman–Crippen MR) is 200 cm³/mol. The Labute approximate surface area is 305 Å². The van der Waals surface area contributed by atoms with Crippen LogP contribution >= 0.6 is 0 Å². The van der Waals surface area contributed by atoms with E-state index >= 15 is 0 Å². The zero-order valence-corrected chi connectivity index (χ0v) is 31.6. The molecule has 4 unspecified atom stereocenters. The van der Waals surface area contributed by atoms with Crippen LogP contribution in [0.15, 0.2) is 23.8 Å². The Morgan fingerprint density at radius 1 is 0.980 bits per heavy atom. The Morgan fingerprint density at radius 3 is 2.41 bits per heavy atom. The van der Waals surface area contributed by atoms with Gasteiger partial charge in [0.2, 0.25) is 23.6 Å². The second kappa shape index (κ2) is 24.5. The fourth-order valence-corrected chi connectivity index (χ4v) is 6.32. The quantitative estimate of drug-likeness (QED) is 0.0313. The zero-order chi connectivity index (χ0) is 37.6. The number of hydrogen-bond donors (Lipinski definition) is 9. The van der Waals surface area contributed by atoms with E-state index in [1.165, 1.54) is 4.90 Å². The summed E-state index contributed by atoms with van der Waals surface area (Å²) in [6.45, 7) is 11.5. The van der Waals surface area contributed by atoms with Gasteiger partial charge in [-0.3, -0.25) is 34.7 Å². The lowest BCUT2D eigenvalue weighted by atomic mass is 9.72. The van der Waals surface area contributed by atoms with Gasteiger partial charge in [-0.1, -0.05) is 51.0 Å². The number of hydrogen-bond acceptors (Lipinski definition) is 11. The van der Waals surface area contributed by atoms with Crippen LogP contribution in [0, 0.1) is 11.3 Å². The molecule has 4 amide bonds. The standard InChI is InChI=1S/C37H68N8O6/c1-5-37(4,6-2)29-24-34(49)45(36(29)51)22-12-8-11-15-31(46)41-21-19-40-25-33(48)44-30(23-28-13-9-7-10-14-28)35(50)43-26-32(47)42-20-18-39-17-16-27(3)38/h9,13-14,27,29-30,32,35,39-40,42-43,47,50H,5-8,10-12,15-26,38H2,1-4H3,(H,41,46)(H,44,48)/t27?,29?,30-,32?,35?/m0/s1. The molecule has 0 saturated carbocycles. The van der Waals surface area contributed by atoms with Crippen molar-refractivity contribution < 1.29 is 29.4 Å². The minimum Gasteiger partial charge on any atom is -0.377 e. The molecule has 292 valence electrons. The number of carbonyl (C=O) groups is 4. The maximum Gasteiger partial charge on any atom is 0.234 e. The van der Waals surface area contributed by atoms with Crippen LogP contribution in [0.4, 0.5) is 0 Å². The van der Waals surface area contributed by atoms with Crippen molar-refractivity contribution in [3.05, 3.63) is 23.8 Å². The van der Waals surface area contributed by atoms with Crippen LogP contribution in [0.25, 0.3) is 0 Å². The fourth-order valence-electron chi connectivity index (χ4n) is 6.32. The Morgan fingerprint density at radius 2 is 1.73 bits per heavy atom. The molecule has 1 aliphatic heterocycles. The molecule has 51 heavy (non-hydrogen) atoms. The number of nitrogens with two attached hydrogens (primary N) is 1. The molecule has 14 nitrogen and oxygen atoms in total. The first-order chi connectivity index (χ1) is 24.4. The number of amides is 4. The Kier molecular flexibility index (Phi) is 21.4. The summed E-state index contributed by atoms with van der Waals surface area (Å²) in [6, 6.07) is -0.477. The average Bonchev–Trinajstić information content (AvgIpc) is 3.40. The molecule has 1 heterocycles. The second-order valence-electron chi connectivity index (χ2n) is 14.3. The summed E-state index contributed by atoms with van der Waals surface area (Å²) >= 11 is 0. The molecule has 0 bridgehead atoms. The van der Waals surface area contributed by atoms with Crippen LogP contribution in [0.2, 0.25) is 0 Å². The van der Waals surface area contributed by atoms with Crippen LogP contribution in [0.3, 0.4) is 0 Å². The van der Waals surface area contributed by atoms with Crippen LogP contribution in [-0.2, 0) is 19.2 Å². The molecule has 1 saturated heterocycles. The van der Waals surface area contributed by atoms with E-state index in [-0.39, 0.29) is 54.1 Å². The van der Waals surface area contributed by atoms with Crippen molar-refractivity contribution in [2.75, 3.05) is 52.4 Å². The molecule has 10 N–H and O–H groups in total. The van der Waals surface area contributed by atoms with Crippen LogP contribution in [-0.4, -0.2) is 116 Å². The highest BCUT2D eigenvalue weighted by Gasteiger charge is 2.46. The van der Waals surface area contributed by atoms with Crippen molar-refractivity contribution >= 4 is 23.6 Å². The third-order valence-corrected chi connectivity index (χ3v) is 10.1. The SMILES string of the molecule is CCC(C)(CC)C1CC(=O)N(CCCCCC(=O)NCCNCC(=O)N[C@@H](CC2=CCCC=C2)C(O)NCC(O)NCCNCCC(C)N)C1=O. The van der Waals surface area contributed by atoms with E-state index in [0.29, 0.717) is 64.8 Å². The van der Waals surface area contributed by atoms with Gasteiger partial charge >= 0.3 is 0 Å². The van der Waals surface area contributed by atoms with E-state index in [4.69, 9.17) is 5.73 Å². The number of unbranched alkanes of at least 4 members (excludes halogenated alkanes) is 2. The van der Waals surface area contributed by atoms with E-state index in [9.17, 15) is 29.4 Å². The third kappa shape index (κ3) is 17.1. The van der Waals surface area contributed by atoms with E-state index in [0.717, 1.165) is 50.6 Å². The second-order valence-corrected chi connectivity index (χ2v) is 14.3. The molecule has 5 atom stereocenters. The summed E-state index contributed by atoms with van der Waals surface area (Å²) in [5, 5.41) is 39.2. The zero-order valence-electron chi connectivity index (χ0n) is 31.6. The fraction of sp³-hybridized carbons (Fsp3) is 0.784. The number of nitrogens with zero attached hydrogens (tertiary/aromatic N) is 1. The van der Waals surface area contributed by atoms with E-state index in [2.05, 4.69) is 64.8 Å². The van der Waals surface area contributed by atoms with Gasteiger partial charge in [-0.25, -0.2) is 0 Å². The van der Waals surface area contributed by atoms with Crippen LogP contribution < -0.4 is 37.6 Å². The van der Waals surface area contributed by atoms with Gasteiger partial charge in [-0.15, -0.1) is 0 Å². The molecule has 0 aromatic rings. The van der Waals surface area contributed by atoms with Gasteiger partial charge in [0.05, 0.1) is 18.5 Å². The molecular formula is C37H68N8O6. The lowest BCUT2D eigenvalue weighted by Crippen LogP contribution is -2.54. The van der Waals surface area contributed by atoms with Crippen LogP contribution in [0.1, 0.15) is 98.3 Å². The first kappa shape index (κ1) is 44.4. The molecule has 0 aromatic heterocycles. The van der Waals surface area contributed by atoms with Gasteiger partial charge in [0.15, 0.2) is 0 Å². The summed E-state index contributed by atoms with van der Waals surface area (Å²) in [4.78, 5) is 51.9. The molecular weight excluding hydrogens is 652 g/mol. The number of rotatable bonds is 28. The van der Waals surface area contributed by atoms with E-state index in [1.54, 1.807) is 0 Å². The minimum absolute atomic E-state index is 0.0125. The van der Waals surface area contributed by atoms with Gasteiger partial charge in [0.25, 0.3) is 0 Å². The molecule has 0 aromatic carbocycles. The monoisotopic (exact) mass is 721 g/mol. The summed E-state index contributed by atoms with van der Waals surface area (Å²) in [6.07, 6.45) is 11.8. The summed E-state index contributed by atoms with van der Waals surface area (Å²) in [7, 11) is 0. The number of nitrogens with one attached hydrogen (secondary N) is 6. The van der Waals surface area contributed by atoms with Gasteiger partial charge in [-0.2, -0.15) is 0 Å². The molecule has 1 fully saturated rings. The molecule has 0 spiro atoms. The number of aliphatic hydroxyl groups is 2. The highest BCUT2D eigenvalue weighted by Crippen LogP contribution is 2.41. The molecule has 2 rings (SSSR count). The number of imide groups is 1. The maximum absolute atomic E-state index is 12.9. The third-order valence-electron chi connectivity index (χ3n) is 10.1. The lowest BCUT2D eigenvalue weighted by Gasteiger charge is -2.31. The molecule has 0 radical (unpaired) electrons. The van der Waals surface area contributed by atoms with E-state index in [1.807, 2.05) is 13.0 Å². The summed E-state index contributed by atoms with van der Waals surface area (Å²) < 4.78 is 0. The van der Waals surface area contributed by atoms with Gasteiger partial charge in [0.1, 0.15) is 12.5 Å². The predicted octanol–water partition coefficient (Wildman–Crippen LogP) is 0.748. The van der Waals surface area contributed by atoms with Crippen molar-refractivity contribution in [2.24, 2.45) is 17.1 Å². The summed E-state index contributed by atoms with van der Waals surface area (Å²) in [5.41, 5.74) is 6.61. The van der Waals surface area contributed by atoms with Crippen molar-refractivity contribution in [3.63, 3.8) is 0 Å². The molecule has 1 aliphatic carbocycles. The van der Waals surface area contributed by atoms with Gasteiger partial charge < -0.3 is 37.2 Å². The Bertz CT molecular complexity index is 1130. The lowest BCUT2D eigenvalue weighted by molar-refractivity contribution is -0.140. The first-order valence-electron chi connectivity index (χ1n) is 19.2. The van der Waals surface area contributed by atoms with Gasteiger partial charge in [-0.05, 0) is 70.3 Å². The Balaban J connectivity index is 1.63. The van der Waals surface area contributed by atoms with Crippen molar-refractivity contribution in [2.45, 2.75) is 123 Å².